The van der Waals surface area contributed by atoms with E-state index < -0.39 is 21.5 Å². The van der Waals surface area contributed by atoms with Gasteiger partial charge in [0, 0.05) is 13.7 Å². The van der Waals surface area contributed by atoms with Crippen LogP contribution < -0.4 is 0 Å². The molecule has 0 bridgehead atoms. The van der Waals surface area contributed by atoms with Crippen molar-refractivity contribution in [3.8, 4) is 0 Å². The first-order valence-electron chi connectivity index (χ1n) is 7.18. The molecule has 1 unspecified atom stereocenters. The van der Waals surface area contributed by atoms with Gasteiger partial charge in [0.1, 0.15) is 0 Å². The van der Waals surface area contributed by atoms with Crippen LogP contribution in [-0.4, -0.2) is 61.7 Å². The molecule has 0 radical (unpaired) electrons. The SMILES string of the molecule is COC1(C(=O)N2CCc3ccccc3C2CO)CS(=O)(=O)C1. The number of aliphatic hydroxyl groups excluding tert-OH is 1. The molecule has 0 aliphatic carbocycles. The van der Waals surface area contributed by atoms with E-state index in [1.807, 2.05) is 24.3 Å². The number of fused-ring (bicyclic) bond motifs is 1. The first kappa shape index (κ1) is 15.5. The molecular weight excluding hydrogens is 306 g/mol. The number of nitrogens with zero attached hydrogens (tertiary/aromatic N) is 1. The molecule has 22 heavy (non-hydrogen) atoms. The number of benzene rings is 1. The zero-order valence-corrected chi connectivity index (χ0v) is 13.2. The highest BCUT2D eigenvalue weighted by Gasteiger charge is 2.57. The maximum Gasteiger partial charge on any atom is 0.257 e. The highest BCUT2D eigenvalue weighted by Crippen LogP contribution is 2.35. The minimum absolute atomic E-state index is 0.199. The fourth-order valence-corrected chi connectivity index (χ4v) is 5.17. The third-order valence-corrected chi connectivity index (χ3v) is 6.35. The van der Waals surface area contributed by atoms with Gasteiger partial charge < -0.3 is 14.7 Å². The quantitative estimate of drug-likeness (QED) is 0.840. The molecule has 0 aromatic heterocycles. The number of carbonyl (C=O) groups is 1. The van der Waals surface area contributed by atoms with Gasteiger partial charge in [0.25, 0.3) is 5.91 Å². The number of aliphatic hydroxyl groups is 1. The number of sulfone groups is 1. The monoisotopic (exact) mass is 325 g/mol. The number of ether oxygens (including phenoxy) is 1. The van der Waals surface area contributed by atoms with Crippen molar-refractivity contribution in [2.24, 2.45) is 0 Å². The maximum absolute atomic E-state index is 12.8. The molecule has 7 heteroatoms. The molecule has 1 N–H and O–H groups in total. The first-order valence-corrected chi connectivity index (χ1v) is 9.00. The Morgan fingerprint density at radius 2 is 2.09 bits per heavy atom. The molecule has 0 saturated carbocycles. The van der Waals surface area contributed by atoms with E-state index in [1.165, 1.54) is 7.11 Å². The highest BCUT2D eigenvalue weighted by atomic mass is 32.2. The van der Waals surface area contributed by atoms with Crippen LogP contribution in [0.25, 0.3) is 0 Å². The van der Waals surface area contributed by atoms with E-state index in [0.29, 0.717) is 13.0 Å². The lowest BCUT2D eigenvalue weighted by atomic mass is 9.91. The fraction of sp³-hybridized carbons (Fsp3) is 0.533. The average Bonchev–Trinajstić information content (AvgIpc) is 2.50. The van der Waals surface area contributed by atoms with E-state index in [-0.39, 0.29) is 24.0 Å². The van der Waals surface area contributed by atoms with Gasteiger partial charge in [0.05, 0.1) is 24.2 Å². The van der Waals surface area contributed by atoms with Crippen molar-refractivity contribution in [2.45, 2.75) is 18.1 Å². The van der Waals surface area contributed by atoms with Crippen LogP contribution in [0.3, 0.4) is 0 Å². The second kappa shape index (κ2) is 5.33. The van der Waals surface area contributed by atoms with Gasteiger partial charge in [-0.15, -0.1) is 0 Å². The molecule has 1 aromatic carbocycles. The molecule has 1 aromatic rings. The van der Waals surface area contributed by atoms with Gasteiger partial charge in [-0.1, -0.05) is 24.3 Å². The van der Waals surface area contributed by atoms with E-state index in [0.717, 1.165) is 11.1 Å². The van der Waals surface area contributed by atoms with E-state index in [1.54, 1.807) is 4.90 Å². The minimum Gasteiger partial charge on any atom is -0.394 e. The Morgan fingerprint density at radius 1 is 1.41 bits per heavy atom. The summed E-state index contributed by atoms with van der Waals surface area (Å²) in [5.41, 5.74) is 0.731. The summed E-state index contributed by atoms with van der Waals surface area (Å²) in [5.74, 6) is -0.921. The van der Waals surface area contributed by atoms with Gasteiger partial charge in [0.2, 0.25) is 0 Å². The van der Waals surface area contributed by atoms with Gasteiger partial charge in [-0.25, -0.2) is 8.42 Å². The molecule has 120 valence electrons. The average molecular weight is 325 g/mol. The summed E-state index contributed by atoms with van der Waals surface area (Å²) in [6.07, 6.45) is 0.685. The molecular formula is C15H19NO5S. The molecule has 1 fully saturated rings. The predicted octanol–water partition coefficient (Wildman–Crippen LogP) is -0.0817. The standard InChI is InChI=1S/C15H19NO5S/c1-21-15(9-22(19,20)10-15)14(18)16-7-6-11-4-2-3-5-12(11)13(16)8-17/h2-5,13,17H,6-10H2,1H3. The highest BCUT2D eigenvalue weighted by molar-refractivity contribution is 7.93. The summed E-state index contributed by atoms with van der Waals surface area (Å²) >= 11 is 0. The summed E-state index contributed by atoms with van der Waals surface area (Å²) in [5, 5.41) is 9.74. The van der Waals surface area contributed by atoms with Crippen LogP contribution in [0.4, 0.5) is 0 Å². The third kappa shape index (κ3) is 2.33. The Kier molecular flexibility index (Phi) is 3.74. The van der Waals surface area contributed by atoms with Crippen LogP contribution in [0.2, 0.25) is 0 Å². The van der Waals surface area contributed by atoms with Gasteiger partial charge in [-0.3, -0.25) is 4.79 Å². The van der Waals surface area contributed by atoms with Gasteiger partial charge in [-0.2, -0.15) is 0 Å². The van der Waals surface area contributed by atoms with Crippen LogP contribution in [0.15, 0.2) is 24.3 Å². The zero-order chi connectivity index (χ0) is 16.0. The predicted molar refractivity (Wildman–Crippen MR) is 80.1 cm³/mol. The lowest BCUT2D eigenvalue weighted by molar-refractivity contribution is -0.155. The Balaban J connectivity index is 1.90. The second-order valence-corrected chi connectivity index (χ2v) is 7.94. The van der Waals surface area contributed by atoms with Crippen LogP contribution in [0, 0.1) is 0 Å². The minimum atomic E-state index is -3.20. The van der Waals surface area contributed by atoms with E-state index in [9.17, 15) is 18.3 Å². The first-order chi connectivity index (χ1) is 10.4. The van der Waals surface area contributed by atoms with Crippen molar-refractivity contribution in [3.05, 3.63) is 35.4 Å². The molecule has 1 atom stereocenters. The Morgan fingerprint density at radius 3 is 2.68 bits per heavy atom. The van der Waals surface area contributed by atoms with Crippen molar-refractivity contribution in [1.29, 1.82) is 0 Å². The second-order valence-electron chi connectivity index (χ2n) is 5.88. The number of methoxy groups -OCH3 is 1. The molecule has 2 aliphatic rings. The van der Waals surface area contributed by atoms with Crippen molar-refractivity contribution >= 4 is 15.7 Å². The Bertz CT molecular complexity index is 688. The third-order valence-electron chi connectivity index (χ3n) is 4.53. The van der Waals surface area contributed by atoms with Crippen molar-refractivity contribution in [2.75, 3.05) is 31.8 Å². The summed E-state index contributed by atoms with van der Waals surface area (Å²) in [4.78, 5) is 14.4. The largest absolute Gasteiger partial charge is 0.394 e. The number of rotatable bonds is 3. The smallest absolute Gasteiger partial charge is 0.257 e. The summed E-state index contributed by atoms with van der Waals surface area (Å²) in [7, 11) is -1.85. The van der Waals surface area contributed by atoms with Crippen LogP contribution in [0.5, 0.6) is 0 Å². The summed E-state index contributed by atoms with van der Waals surface area (Å²) in [6, 6.07) is 7.23. The molecule has 2 aliphatic heterocycles. The number of hydrogen-bond donors (Lipinski definition) is 1. The molecule has 1 saturated heterocycles. The van der Waals surface area contributed by atoms with Gasteiger partial charge >= 0.3 is 0 Å². The van der Waals surface area contributed by atoms with Crippen LogP contribution >= 0.6 is 0 Å². The topological polar surface area (TPSA) is 83.9 Å². The molecule has 6 nitrogen and oxygen atoms in total. The number of hydrogen-bond acceptors (Lipinski definition) is 5. The normalized spacial score (nSPS) is 25.2. The van der Waals surface area contributed by atoms with Crippen molar-refractivity contribution < 1.29 is 23.1 Å². The maximum atomic E-state index is 12.8. The van der Waals surface area contributed by atoms with Crippen LogP contribution in [-0.2, 0) is 25.8 Å². The van der Waals surface area contributed by atoms with E-state index >= 15 is 0 Å². The van der Waals surface area contributed by atoms with Gasteiger partial charge in [-0.05, 0) is 17.5 Å². The van der Waals surface area contributed by atoms with Gasteiger partial charge in [0.15, 0.2) is 15.4 Å². The van der Waals surface area contributed by atoms with E-state index in [4.69, 9.17) is 4.74 Å². The number of amides is 1. The molecule has 1 amide bonds. The van der Waals surface area contributed by atoms with E-state index in [2.05, 4.69) is 0 Å². The zero-order valence-electron chi connectivity index (χ0n) is 12.4. The molecule has 2 heterocycles. The van der Waals surface area contributed by atoms with Crippen molar-refractivity contribution in [3.63, 3.8) is 0 Å². The van der Waals surface area contributed by atoms with Crippen LogP contribution in [0.1, 0.15) is 17.2 Å². The van der Waals surface area contributed by atoms with Crippen molar-refractivity contribution in [1.82, 2.24) is 4.90 Å². The number of carbonyl (C=O) groups excluding carboxylic acids is 1. The Labute approximate surface area is 129 Å². The Hall–Kier alpha value is -1.44. The molecule has 3 rings (SSSR count). The molecule has 0 spiro atoms. The summed E-state index contributed by atoms with van der Waals surface area (Å²) < 4.78 is 28.2. The fourth-order valence-electron chi connectivity index (χ4n) is 3.35. The summed E-state index contributed by atoms with van der Waals surface area (Å²) in [6.45, 7) is 0.252. The lowest BCUT2D eigenvalue weighted by Gasteiger charge is -2.45. The lowest BCUT2D eigenvalue weighted by Crippen LogP contribution is -2.66.